The number of rotatable bonds is 6. The van der Waals surface area contributed by atoms with Crippen LogP contribution in [0.2, 0.25) is 0 Å². The van der Waals surface area contributed by atoms with Crippen LogP contribution >= 0.6 is 0 Å². The van der Waals surface area contributed by atoms with Crippen molar-refractivity contribution in [1.82, 2.24) is 10.2 Å². The smallest absolute Gasteiger partial charge is 0.0791 e. The molecule has 3 nitrogen and oxygen atoms in total. The molecule has 2 N–H and O–H groups in total. The highest BCUT2D eigenvalue weighted by atomic mass is 16.3. The first-order chi connectivity index (χ1) is 7.89. The number of likely N-dealkylation sites (tertiary alicyclic amines) is 1. The second-order valence-electron chi connectivity index (χ2n) is 6.67. The maximum absolute atomic E-state index is 9.94. The minimum atomic E-state index is -0.227. The third-order valence-corrected chi connectivity index (χ3v) is 3.61. The van der Waals surface area contributed by atoms with E-state index in [1.807, 2.05) is 0 Å². The molecule has 0 saturated carbocycles. The first-order valence-corrected chi connectivity index (χ1v) is 7.00. The van der Waals surface area contributed by atoms with Gasteiger partial charge in [-0.2, -0.15) is 0 Å². The Labute approximate surface area is 107 Å². The van der Waals surface area contributed by atoms with Crippen molar-refractivity contribution < 1.29 is 5.11 Å². The molecule has 1 saturated heterocycles. The Hall–Kier alpha value is -0.120. The Balaban J connectivity index is 2.13. The highest BCUT2D eigenvalue weighted by molar-refractivity contribution is 4.80. The number of nitrogens with zero attached hydrogens (tertiary/aromatic N) is 1. The molecule has 0 aliphatic carbocycles. The lowest BCUT2D eigenvalue weighted by Gasteiger charge is -2.37. The molecule has 1 aliphatic heterocycles. The summed E-state index contributed by atoms with van der Waals surface area (Å²) in [5.74, 6) is 0.651. The third-order valence-electron chi connectivity index (χ3n) is 3.61. The van der Waals surface area contributed by atoms with Crippen LogP contribution in [0.25, 0.3) is 0 Å². The Morgan fingerprint density at radius 1 is 1.18 bits per heavy atom. The molecule has 3 heteroatoms. The topological polar surface area (TPSA) is 35.5 Å². The van der Waals surface area contributed by atoms with Gasteiger partial charge in [-0.25, -0.2) is 0 Å². The maximum Gasteiger partial charge on any atom is 0.0791 e. The number of piperidine rings is 1. The van der Waals surface area contributed by atoms with Gasteiger partial charge < -0.3 is 15.3 Å². The Morgan fingerprint density at radius 3 is 2.29 bits per heavy atom. The van der Waals surface area contributed by atoms with E-state index in [2.05, 4.69) is 37.9 Å². The summed E-state index contributed by atoms with van der Waals surface area (Å²) in [6, 6.07) is 0. The van der Waals surface area contributed by atoms with Crippen LogP contribution in [0.1, 0.15) is 40.5 Å². The molecule has 1 unspecified atom stereocenters. The van der Waals surface area contributed by atoms with E-state index in [1.54, 1.807) is 0 Å². The lowest BCUT2D eigenvalue weighted by atomic mass is 9.82. The summed E-state index contributed by atoms with van der Waals surface area (Å²) in [4.78, 5) is 2.40. The molecule has 0 bridgehead atoms. The molecule has 1 atom stereocenters. The van der Waals surface area contributed by atoms with Crippen molar-refractivity contribution in [3.8, 4) is 0 Å². The second-order valence-corrected chi connectivity index (χ2v) is 6.67. The molecule has 0 aromatic carbocycles. The van der Waals surface area contributed by atoms with Crippen molar-refractivity contribution in [2.45, 2.75) is 46.6 Å². The van der Waals surface area contributed by atoms with E-state index in [4.69, 9.17) is 0 Å². The Kier molecular flexibility index (Phi) is 5.90. The molecule has 102 valence electrons. The van der Waals surface area contributed by atoms with Gasteiger partial charge in [0.2, 0.25) is 0 Å². The van der Waals surface area contributed by atoms with Crippen molar-refractivity contribution in [3.05, 3.63) is 0 Å². The van der Waals surface area contributed by atoms with Gasteiger partial charge >= 0.3 is 0 Å². The molecule has 1 rings (SSSR count). The van der Waals surface area contributed by atoms with E-state index in [9.17, 15) is 5.11 Å². The van der Waals surface area contributed by atoms with Crippen LogP contribution in [0.4, 0.5) is 0 Å². The summed E-state index contributed by atoms with van der Waals surface area (Å²) in [6.45, 7) is 13.8. The molecular formula is C14H30N2O. The molecule has 1 heterocycles. The van der Waals surface area contributed by atoms with Crippen molar-refractivity contribution >= 4 is 0 Å². The largest absolute Gasteiger partial charge is 0.390 e. The quantitative estimate of drug-likeness (QED) is 0.744. The minimum Gasteiger partial charge on any atom is -0.390 e. The first-order valence-electron chi connectivity index (χ1n) is 7.00. The molecule has 0 spiro atoms. The van der Waals surface area contributed by atoms with Gasteiger partial charge in [-0.1, -0.05) is 27.7 Å². The molecule has 0 aromatic rings. The normalized spacial score (nSPS) is 22.9. The standard InChI is InChI=1S/C14H30N2O/c1-12(2)9-15-10-13(17)11-16-7-5-14(3,4)6-8-16/h12-13,15,17H,5-11H2,1-4H3. The van der Waals surface area contributed by atoms with Gasteiger partial charge in [0, 0.05) is 13.1 Å². The van der Waals surface area contributed by atoms with Crippen molar-refractivity contribution in [2.75, 3.05) is 32.7 Å². The fourth-order valence-corrected chi connectivity index (χ4v) is 2.24. The van der Waals surface area contributed by atoms with Gasteiger partial charge in [0.15, 0.2) is 0 Å². The third kappa shape index (κ3) is 6.39. The average Bonchev–Trinajstić information content (AvgIpc) is 2.21. The van der Waals surface area contributed by atoms with Gasteiger partial charge in [0.1, 0.15) is 0 Å². The van der Waals surface area contributed by atoms with Gasteiger partial charge in [-0.3, -0.25) is 0 Å². The summed E-state index contributed by atoms with van der Waals surface area (Å²) in [6.07, 6.45) is 2.27. The van der Waals surface area contributed by atoms with E-state index in [0.29, 0.717) is 11.3 Å². The molecule has 1 aliphatic rings. The summed E-state index contributed by atoms with van der Waals surface area (Å²) in [5, 5.41) is 13.3. The van der Waals surface area contributed by atoms with Crippen LogP contribution in [0.15, 0.2) is 0 Å². The second kappa shape index (κ2) is 6.72. The van der Waals surface area contributed by atoms with E-state index in [1.165, 1.54) is 12.8 Å². The molecule has 0 amide bonds. The van der Waals surface area contributed by atoms with E-state index < -0.39 is 0 Å². The van der Waals surface area contributed by atoms with Crippen LogP contribution < -0.4 is 5.32 Å². The zero-order valence-electron chi connectivity index (χ0n) is 12.0. The first kappa shape index (κ1) is 14.9. The lowest BCUT2D eigenvalue weighted by molar-refractivity contribution is 0.0701. The molecule has 17 heavy (non-hydrogen) atoms. The Bertz CT molecular complexity index is 206. The summed E-state index contributed by atoms with van der Waals surface area (Å²) >= 11 is 0. The SMILES string of the molecule is CC(C)CNCC(O)CN1CCC(C)(C)CC1. The number of aliphatic hydroxyl groups excluding tert-OH is 1. The predicted molar refractivity (Wildman–Crippen MR) is 73.2 cm³/mol. The summed E-state index contributed by atoms with van der Waals surface area (Å²) < 4.78 is 0. The number of hydrogen-bond donors (Lipinski definition) is 2. The molecule has 0 aromatic heterocycles. The highest BCUT2D eigenvalue weighted by Crippen LogP contribution is 2.29. The van der Waals surface area contributed by atoms with Gasteiger partial charge in [-0.05, 0) is 43.8 Å². The summed E-state index contributed by atoms with van der Waals surface area (Å²) in [7, 11) is 0. The van der Waals surface area contributed by atoms with Crippen molar-refractivity contribution in [2.24, 2.45) is 11.3 Å². The van der Waals surface area contributed by atoms with Gasteiger partial charge in [0.25, 0.3) is 0 Å². The zero-order valence-corrected chi connectivity index (χ0v) is 12.0. The minimum absolute atomic E-state index is 0.227. The maximum atomic E-state index is 9.94. The molecule has 1 fully saturated rings. The van der Waals surface area contributed by atoms with Gasteiger partial charge in [-0.15, -0.1) is 0 Å². The zero-order chi connectivity index (χ0) is 12.9. The van der Waals surface area contributed by atoms with Crippen molar-refractivity contribution in [1.29, 1.82) is 0 Å². The van der Waals surface area contributed by atoms with Gasteiger partial charge in [0.05, 0.1) is 6.10 Å². The van der Waals surface area contributed by atoms with Crippen LogP contribution in [-0.4, -0.2) is 48.8 Å². The fraction of sp³-hybridized carbons (Fsp3) is 1.00. The molecular weight excluding hydrogens is 212 g/mol. The molecule has 0 radical (unpaired) electrons. The Morgan fingerprint density at radius 2 is 1.76 bits per heavy atom. The predicted octanol–water partition coefficient (Wildman–Crippen LogP) is 1.71. The fourth-order valence-electron chi connectivity index (χ4n) is 2.24. The van der Waals surface area contributed by atoms with E-state index >= 15 is 0 Å². The average molecular weight is 242 g/mol. The van der Waals surface area contributed by atoms with E-state index in [-0.39, 0.29) is 6.10 Å². The van der Waals surface area contributed by atoms with Crippen LogP contribution in [0.3, 0.4) is 0 Å². The number of hydrogen-bond acceptors (Lipinski definition) is 3. The number of β-amino-alcohol motifs (C(OH)–C–C–N with tert-alkyl or cyclic N) is 1. The van der Waals surface area contributed by atoms with Crippen molar-refractivity contribution in [3.63, 3.8) is 0 Å². The van der Waals surface area contributed by atoms with Crippen LogP contribution in [0, 0.1) is 11.3 Å². The number of aliphatic hydroxyl groups is 1. The van der Waals surface area contributed by atoms with E-state index in [0.717, 1.165) is 32.7 Å². The lowest BCUT2D eigenvalue weighted by Crippen LogP contribution is -2.44. The van der Waals surface area contributed by atoms with Crippen LogP contribution in [0.5, 0.6) is 0 Å². The summed E-state index contributed by atoms with van der Waals surface area (Å²) in [5.41, 5.74) is 0.497. The highest BCUT2D eigenvalue weighted by Gasteiger charge is 2.26. The van der Waals surface area contributed by atoms with Crippen LogP contribution in [-0.2, 0) is 0 Å². The monoisotopic (exact) mass is 242 g/mol. The number of nitrogens with one attached hydrogen (secondary N) is 1.